The molecule has 0 saturated carbocycles. The Morgan fingerprint density at radius 1 is 1.09 bits per heavy atom. The van der Waals surface area contributed by atoms with Crippen molar-refractivity contribution in [1.82, 2.24) is 0 Å². The number of esters is 3. The van der Waals surface area contributed by atoms with Gasteiger partial charge in [0.2, 0.25) is 5.79 Å². The molecule has 3 rings (SSSR count). The largest absolute Gasteiger partial charge is 0.466 e. The number of ether oxygens (including phenoxy) is 7. The number of aliphatic hydroxyl groups excluding tert-OH is 2. The lowest BCUT2D eigenvalue weighted by Crippen LogP contribution is -2.62. The fourth-order valence-corrected chi connectivity index (χ4v) is 5.96. The summed E-state index contributed by atoms with van der Waals surface area (Å²) in [4.78, 5) is 37.6. The van der Waals surface area contributed by atoms with Gasteiger partial charge in [-0.05, 0) is 43.3 Å². The van der Waals surface area contributed by atoms with Crippen LogP contribution in [0.25, 0.3) is 0 Å². The van der Waals surface area contributed by atoms with E-state index in [1.807, 2.05) is 0 Å². The number of cyclic esters (lactones) is 1. The molecule has 0 aromatic carbocycles. The first-order valence-corrected chi connectivity index (χ1v) is 16.3. The molecule has 9 atom stereocenters. The summed E-state index contributed by atoms with van der Waals surface area (Å²) >= 11 is 0. The van der Waals surface area contributed by atoms with E-state index < -0.39 is 65.9 Å². The van der Waals surface area contributed by atoms with Crippen molar-refractivity contribution in [1.29, 1.82) is 0 Å². The first-order chi connectivity index (χ1) is 21.8. The molecule has 1 unspecified atom stereocenters. The molecule has 13 nitrogen and oxygen atoms in total. The molecule has 13 heteroatoms. The van der Waals surface area contributed by atoms with Crippen LogP contribution in [0, 0.1) is 10.8 Å². The molecular formula is C34H54O13. The van der Waals surface area contributed by atoms with E-state index in [4.69, 9.17) is 33.2 Å². The highest BCUT2D eigenvalue weighted by molar-refractivity contribution is 5.83. The van der Waals surface area contributed by atoms with Crippen LogP contribution in [-0.2, 0) is 47.5 Å². The van der Waals surface area contributed by atoms with Crippen LogP contribution in [-0.4, -0.2) is 108 Å². The summed E-state index contributed by atoms with van der Waals surface area (Å²) in [7, 11) is 1.19. The highest BCUT2D eigenvalue weighted by Crippen LogP contribution is 2.47. The smallest absolute Gasteiger partial charge is 0.330 e. The van der Waals surface area contributed by atoms with Gasteiger partial charge in [0.15, 0.2) is 12.4 Å². The lowest BCUT2D eigenvalue weighted by atomic mass is 9.74. The molecule has 0 amide bonds. The number of rotatable bonds is 3. The van der Waals surface area contributed by atoms with E-state index in [1.165, 1.54) is 21.0 Å². The topological polar surface area (TPSA) is 177 Å². The molecule has 3 aliphatic heterocycles. The van der Waals surface area contributed by atoms with Gasteiger partial charge in [0.25, 0.3) is 0 Å². The van der Waals surface area contributed by atoms with E-state index in [2.05, 4.69) is 20.8 Å². The lowest BCUT2D eigenvalue weighted by Gasteiger charge is -2.51. The SMILES string of the molecule is COC(=O)/C=C1\CC2C[C@H]([C@@H](C)O)OC(=O)C[C@H](O)CCO[C@H](C(C)(C)C)C[C@@H]3CCO[C@H](/C=C/C(C)(C)[C@](O)(O2)[C@H]1OC(C)=O)O3. The average Bonchev–Trinajstić information content (AvgIpc) is 2.96. The summed E-state index contributed by atoms with van der Waals surface area (Å²) in [6.45, 7) is 12.8. The van der Waals surface area contributed by atoms with Gasteiger partial charge < -0.3 is 48.5 Å². The molecule has 0 radical (unpaired) electrons. The summed E-state index contributed by atoms with van der Waals surface area (Å²) in [5.41, 5.74) is -1.35. The van der Waals surface area contributed by atoms with Crippen LogP contribution in [0.1, 0.15) is 87.0 Å². The van der Waals surface area contributed by atoms with Gasteiger partial charge in [-0.2, -0.15) is 0 Å². The Balaban J connectivity index is 2.08. The first kappa shape index (κ1) is 39.1. The summed E-state index contributed by atoms with van der Waals surface area (Å²) in [5.74, 6) is -4.46. The van der Waals surface area contributed by atoms with Crippen LogP contribution in [0.5, 0.6) is 0 Å². The van der Waals surface area contributed by atoms with E-state index in [-0.39, 0.29) is 55.5 Å². The maximum Gasteiger partial charge on any atom is 0.330 e. The zero-order valence-corrected chi connectivity index (χ0v) is 28.9. The van der Waals surface area contributed by atoms with Crippen molar-refractivity contribution >= 4 is 17.9 Å². The minimum atomic E-state index is -2.26. The van der Waals surface area contributed by atoms with Crippen molar-refractivity contribution in [3.63, 3.8) is 0 Å². The quantitative estimate of drug-likeness (QED) is 0.173. The lowest BCUT2D eigenvalue weighted by molar-refractivity contribution is -0.327. The van der Waals surface area contributed by atoms with Gasteiger partial charge in [-0.25, -0.2) is 4.79 Å². The molecular weight excluding hydrogens is 616 g/mol. The van der Waals surface area contributed by atoms with Crippen LogP contribution in [0.2, 0.25) is 0 Å². The molecule has 0 aliphatic carbocycles. The third kappa shape index (κ3) is 10.8. The number of carbonyl (C=O) groups is 3. The van der Waals surface area contributed by atoms with Crippen LogP contribution >= 0.6 is 0 Å². The number of hydrogen-bond acceptors (Lipinski definition) is 13. The average molecular weight is 671 g/mol. The molecule has 0 aromatic heterocycles. The molecule has 4 bridgehead atoms. The Hall–Kier alpha value is -2.39. The highest BCUT2D eigenvalue weighted by Gasteiger charge is 2.57. The van der Waals surface area contributed by atoms with Crippen LogP contribution in [0.3, 0.4) is 0 Å². The maximum absolute atomic E-state index is 12.9. The second-order valence-electron chi connectivity index (χ2n) is 14.4. The van der Waals surface area contributed by atoms with Crippen molar-refractivity contribution in [2.24, 2.45) is 10.8 Å². The number of aliphatic hydroxyl groups is 3. The van der Waals surface area contributed by atoms with Crippen molar-refractivity contribution in [3.05, 3.63) is 23.8 Å². The summed E-state index contributed by atoms with van der Waals surface area (Å²) < 4.78 is 40.7. The monoisotopic (exact) mass is 670 g/mol. The summed E-state index contributed by atoms with van der Waals surface area (Å²) in [6.07, 6.45) is -1.48. The third-order valence-electron chi connectivity index (χ3n) is 8.86. The molecule has 2 saturated heterocycles. The standard InChI is InChI=1S/C34H54O13/c1-20(35)26-18-25-15-22(16-28(38)41-8)31(44-21(2)36)34(40,47-25)33(6,7)12-9-30-43-14-11-24(45-30)19-27(32(3,4)5)42-13-10-23(37)17-29(39)46-26/h9,12,16,20,23-27,30-31,35,37,40H,10-11,13-15,17-19H2,1-8H3/b12-9+,22-16+/t20-,23-,24+,25?,26-,27+,30+,31+,34-/m1/s1. The number of fused-ring (bicyclic) bond motifs is 4. The number of carbonyl (C=O) groups excluding carboxylic acids is 3. The minimum Gasteiger partial charge on any atom is -0.466 e. The normalized spacial score (nSPS) is 36.8. The van der Waals surface area contributed by atoms with E-state index in [1.54, 1.807) is 26.0 Å². The zero-order chi connectivity index (χ0) is 35.2. The highest BCUT2D eigenvalue weighted by atomic mass is 16.7. The van der Waals surface area contributed by atoms with Crippen molar-refractivity contribution in [3.8, 4) is 0 Å². The fourth-order valence-electron chi connectivity index (χ4n) is 5.96. The molecule has 3 heterocycles. The van der Waals surface area contributed by atoms with Crippen molar-refractivity contribution in [2.75, 3.05) is 20.3 Å². The van der Waals surface area contributed by atoms with Gasteiger partial charge in [0.1, 0.15) is 6.10 Å². The second kappa shape index (κ2) is 16.3. The molecule has 0 aromatic rings. The molecule has 2 fully saturated rings. The molecule has 3 N–H and O–H groups in total. The van der Waals surface area contributed by atoms with Crippen LogP contribution < -0.4 is 0 Å². The van der Waals surface area contributed by atoms with Gasteiger partial charge >= 0.3 is 17.9 Å². The van der Waals surface area contributed by atoms with Gasteiger partial charge in [0.05, 0.1) is 50.7 Å². The Labute approximate surface area is 277 Å². The summed E-state index contributed by atoms with van der Waals surface area (Å²) in [5, 5.41) is 33.6. The fraction of sp³-hybridized carbons (Fsp3) is 0.794. The zero-order valence-electron chi connectivity index (χ0n) is 28.9. The maximum atomic E-state index is 12.9. The van der Waals surface area contributed by atoms with Crippen molar-refractivity contribution in [2.45, 2.75) is 142 Å². The van der Waals surface area contributed by atoms with Crippen LogP contribution in [0.4, 0.5) is 0 Å². The van der Waals surface area contributed by atoms with Crippen LogP contribution in [0.15, 0.2) is 23.8 Å². The van der Waals surface area contributed by atoms with E-state index >= 15 is 0 Å². The summed E-state index contributed by atoms with van der Waals surface area (Å²) in [6, 6.07) is 0. The van der Waals surface area contributed by atoms with Gasteiger partial charge in [0, 0.05) is 37.9 Å². The number of hydrogen-bond donors (Lipinski definition) is 3. The molecule has 268 valence electrons. The Morgan fingerprint density at radius 2 is 1.77 bits per heavy atom. The van der Waals surface area contributed by atoms with Gasteiger partial charge in [-0.3, -0.25) is 9.59 Å². The second-order valence-corrected chi connectivity index (χ2v) is 14.4. The molecule has 3 aliphatic rings. The number of methoxy groups -OCH3 is 1. The predicted octanol–water partition coefficient (Wildman–Crippen LogP) is 2.87. The van der Waals surface area contributed by atoms with Crippen molar-refractivity contribution < 1.29 is 62.9 Å². The van der Waals surface area contributed by atoms with Gasteiger partial charge in [-0.15, -0.1) is 0 Å². The Bertz CT molecular complexity index is 1140. The molecule has 47 heavy (non-hydrogen) atoms. The first-order valence-electron chi connectivity index (χ1n) is 16.3. The van der Waals surface area contributed by atoms with E-state index in [0.29, 0.717) is 19.4 Å². The predicted molar refractivity (Wildman–Crippen MR) is 167 cm³/mol. The Kier molecular flexibility index (Phi) is 13.6. The minimum absolute atomic E-state index is 0.0264. The Morgan fingerprint density at radius 3 is 2.38 bits per heavy atom. The van der Waals surface area contributed by atoms with Gasteiger partial charge in [-0.1, -0.05) is 40.7 Å². The third-order valence-corrected chi connectivity index (χ3v) is 8.86. The molecule has 0 spiro atoms. The van der Waals surface area contributed by atoms with E-state index in [9.17, 15) is 29.7 Å². The van der Waals surface area contributed by atoms with E-state index in [0.717, 1.165) is 6.08 Å².